The van der Waals surface area contributed by atoms with Crippen LogP contribution in [-0.2, 0) is 4.79 Å². The second kappa shape index (κ2) is 10.3. The molecule has 0 aliphatic heterocycles. The number of ether oxygens (including phenoxy) is 1. The van der Waals surface area contributed by atoms with Gasteiger partial charge in [0.05, 0.1) is 18.6 Å². The molecule has 0 unspecified atom stereocenters. The summed E-state index contributed by atoms with van der Waals surface area (Å²) in [6, 6.07) is 18.0. The Morgan fingerprint density at radius 2 is 1.80 bits per heavy atom. The number of carbonyl (C=O) groups excluding carboxylic acids is 2. The fraction of sp³-hybridized carbons (Fsp3) is 0.0909. The van der Waals surface area contributed by atoms with Crippen molar-refractivity contribution in [1.29, 1.82) is 0 Å². The molecule has 0 aliphatic carbocycles. The molecule has 30 heavy (non-hydrogen) atoms. The van der Waals surface area contributed by atoms with Crippen molar-refractivity contribution in [2.75, 3.05) is 23.5 Å². The van der Waals surface area contributed by atoms with Crippen LogP contribution in [0.2, 0.25) is 0 Å². The quantitative estimate of drug-likeness (QED) is 0.426. The number of methoxy groups -OCH3 is 1. The zero-order valence-corrected chi connectivity index (χ0v) is 18.3. The first-order valence-corrected chi connectivity index (χ1v) is 10.7. The summed E-state index contributed by atoms with van der Waals surface area (Å²) in [6.45, 7) is 0. The number of amides is 2. The van der Waals surface area contributed by atoms with Crippen molar-refractivity contribution in [1.82, 2.24) is 0 Å². The first-order chi connectivity index (χ1) is 14.4. The van der Waals surface area contributed by atoms with Gasteiger partial charge >= 0.3 is 0 Å². The standard InChI is InChI=1S/C22H18BrFN2O3S/c1-29-20-10-7-17(25-21(27)13-30-18-8-5-15(23)6-9-18)12-19(20)26-22(28)14-3-2-4-16(24)11-14/h2-12H,13H2,1H3,(H,25,27)(H,26,28). The van der Waals surface area contributed by atoms with Gasteiger partial charge in [0.25, 0.3) is 5.91 Å². The number of thioether (sulfide) groups is 1. The van der Waals surface area contributed by atoms with Crippen LogP contribution < -0.4 is 15.4 Å². The summed E-state index contributed by atoms with van der Waals surface area (Å²) in [5.41, 5.74) is 1.05. The lowest BCUT2D eigenvalue weighted by Crippen LogP contribution is -2.16. The maximum Gasteiger partial charge on any atom is 0.255 e. The highest BCUT2D eigenvalue weighted by Gasteiger charge is 2.12. The molecule has 0 atom stereocenters. The Hall–Kier alpha value is -2.84. The molecule has 3 aromatic carbocycles. The van der Waals surface area contributed by atoms with Gasteiger partial charge in [-0.25, -0.2) is 4.39 Å². The molecule has 3 aromatic rings. The van der Waals surface area contributed by atoms with E-state index >= 15 is 0 Å². The molecule has 0 fully saturated rings. The van der Waals surface area contributed by atoms with Gasteiger partial charge < -0.3 is 15.4 Å². The van der Waals surface area contributed by atoms with Crippen molar-refractivity contribution in [2.45, 2.75) is 4.90 Å². The van der Waals surface area contributed by atoms with Crippen LogP contribution in [0, 0.1) is 5.82 Å². The van der Waals surface area contributed by atoms with Crippen LogP contribution in [0.4, 0.5) is 15.8 Å². The highest BCUT2D eigenvalue weighted by Crippen LogP contribution is 2.29. The molecular formula is C22H18BrFN2O3S. The molecule has 154 valence electrons. The molecule has 0 saturated heterocycles. The Kier molecular flexibility index (Phi) is 7.48. The van der Waals surface area contributed by atoms with Gasteiger partial charge in [0.2, 0.25) is 5.91 Å². The van der Waals surface area contributed by atoms with Crippen LogP contribution in [0.3, 0.4) is 0 Å². The molecule has 0 bridgehead atoms. The van der Waals surface area contributed by atoms with E-state index in [4.69, 9.17) is 4.74 Å². The summed E-state index contributed by atoms with van der Waals surface area (Å²) >= 11 is 4.79. The van der Waals surface area contributed by atoms with Crippen LogP contribution >= 0.6 is 27.7 Å². The van der Waals surface area contributed by atoms with Crippen molar-refractivity contribution in [3.05, 3.63) is 82.6 Å². The van der Waals surface area contributed by atoms with Gasteiger partial charge in [-0.1, -0.05) is 22.0 Å². The average molecular weight is 489 g/mol. The number of carbonyl (C=O) groups is 2. The summed E-state index contributed by atoms with van der Waals surface area (Å²) in [5, 5.41) is 5.49. The summed E-state index contributed by atoms with van der Waals surface area (Å²) in [6.07, 6.45) is 0. The van der Waals surface area contributed by atoms with Crippen molar-refractivity contribution >= 4 is 50.9 Å². The van der Waals surface area contributed by atoms with E-state index in [0.29, 0.717) is 17.1 Å². The molecule has 0 aliphatic rings. The Morgan fingerprint density at radius 1 is 1.03 bits per heavy atom. The number of anilines is 2. The largest absolute Gasteiger partial charge is 0.495 e. The minimum absolute atomic E-state index is 0.178. The maximum atomic E-state index is 13.4. The number of hydrogen-bond acceptors (Lipinski definition) is 4. The van der Waals surface area contributed by atoms with Gasteiger partial charge in [-0.15, -0.1) is 11.8 Å². The third-order valence-electron chi connectivity index (χ3n) is 4.00. The molecule has 0 spiro atoms. The molecule has 0 heterocycles. The van der Waals surface area contributed by atoms with Gasteiger partial charge in [-0.2, -0.15) is 0 Å². The van der Waals surface area contributed by atoms with E-state index < -0.39 is 11.7 Å². The Bertz CT molecular complexity index is 1060. The van der Waals surface area contributed by atoms with E-state index in [1.54, 1.807) is 18.2 Å². The fourth-order valence-corrected chi connectivity index (χ4v) is 3.55. The summed E-state index contributed by atoms with van der Waals surface area (Å²) in [4.78, 5) is 25.7. The predicted octanol–water partition coefficient (Wildman–Crippen LogP) is 5.58. The zero-order valence-electron chi connectivity index (χ0n) is 15.9. The van der Waals surface area contributed by atoms with E-state index in [-0.39, 0.29) is 17.2 Å². The normalized spacial score (nSPS) is 10.4. The number of rotatable bonds is 7. The minimum Gasteiger partial charge on any atom is -0.495 e. The Labute approximate surface area is 186 Å². The van der Waals surface area contributed by atoms with Gasteiger partial charge in [0.1, 0.15) is 11.6 Å². The summed E-state index contributed by atoms with van der Waals surface area (Å²) < 4.78 is 19.6. The van der Waals surface area contributed by atoms with Crippen LogP contribution in [0.5, 0.6) is 5.75 Å². The van der Waals surface area contributed by atoms with E-state index in [1.807, 2.05) is 24.3 Å². The van der Waals surface area contributed by atoms with E-state index in [0.717, 1.165) is 15.4 Å². The van der Waals surface area contributed by atoms with Crippen LogP contribution in [0.25, 0.3) is 0 Å². The molecule has 0 saturated carbocycles. The molecule has 2 amide bonds. The topological polar surface area (TPSA) is 67.4 Å². The SMILES string of the molecule is COc1ccc(NC(=O)CSc2ccc(Br)cc2)cc1NC(=O)c1cccc(F)c1. The first kappa shape index (κ1) is 21.9. The molecule has 0 aromatic heterocycles. The van der Waals surface area contributed by atoms with Crippen LogP contribution in [-0.4, -0.2) is 24.7 Å². The fourth-order valence-electron chi connectivity index (χ4n) is 2.58. The lowest BCUT2D eigenvalue weighted by Gasteiger charge is -2.13. The van der Waals surface area contributed by atoms with Gasteiger partial charge in [-0.3, -0.25) is 9.59 Å². The summed E-state index contributed by atoms with van der Waals surface area (Å²) in [7, 11) is 1.47. The number of nitrogens with one attached hydrogen (secondary N) is 2. The van der Waals surface area contributed by atoms with Crippen LogP contribution in [0.15, 0.2) is 76.1 Å². The number of benzene rings is 3. The lowest BCUT2D eigenvalue weighted by molar-refractivity contribution is -0.113. The highest BCUT2D eigenvalue weighted by atomic mass is 79.9. The smallest absolute Gasteiger partial charge is 0.255 e. The second-order valence-electron chi connectivity index (χ2n) is 6.17. The molecule has 5 nitrogen and oxygen atoms in total. The van der Waals surface area contributed by atoms with Crippen molar-refractivity contribution in [3.63, 3.8) is 0 Å². The average Bonchev–Trinajstić information content (AvgIpc) is 2.73. The third kappa shape index (κ3) is 6.08. The van der Waals surface area contributed by atoms with Crippen LogP contribution in [0.1, 0.15) is 10.4 Å². The Morgan fingerprint density at radius 3 is 2.50 bits per heavy atom. The Balaban J connectivity index is 1.66. The molecular weight excluding hydrogens is 471 g/mol. The second-order valence-corrected chi connectivity index (χ2v) is 8.13. The molecule has 3 rings (SSSR count). The van der Waals surface area contributed by atoms with Gasteiger partial charge in [-0.05, 0) is 60.7 Å². The first-order valence-electron chi connectivity index (χ1n) is 8.88. The summed E-state index contributed by atoms with van der Waals surface area (Å²) in [5.74, 6) is -0.517. The minimum atomic E-state index is -0.501. The highest BCUT2D eigenvalue weighted by molar-refractivity contribution is 9.10. The molecule has 8 heteroatoms. The van der Waals surface area contributed by atoms with E-state index in [1.165, 1.54) is 37.1 Å². The van der Waals surface area contributed by atoms with Crippen molar-refractivity contribution in [3.8, 4) is 5.75 Å². The number of halogens is 2. The maximum absolute atomic E-state index is 13.4. The predicted molar refractivity (Wildman–Crippen MR) is 121 cm³/mol. The van der Waals surface area contributed by atoms with E-state index in [2.05, 4.69) is 26.6 Å². The third-order valence-corrected chi connectivity index (χ3v) is 5.54. The number of hydrogen-bond donors (Lipinski definition) is 2. The monoisotopic (exact) mass is 488 g/mol. The van der Waals surface area contributed by atoms with Gasteiger partial charge in [0.15, 0.2) is 0 Å². The van der Waals surface area contributed by atoms with Crippen molar-refractivity contribution in [2.24, 2.45) is 0 Å². The zero-order chi connectivity index (χ0) is 21.5. The lowest BCUT2D eigenvalue weighted by atomic mass is 10.2. The van der Waals surface area contributed by atoms with Gasteiger partial charge in [0, 0.05) is 20.6 Å². The molecule has 0 radical (unpaired) electrons. The molecule has 2 N–H and O–H groups in total. The van der Waals surface area contributed by atoms with E-state index in [9.17, 15) is 14.0 Å². The van der Waals surface area contributed by atoms with Crippen molar-refractivity contribution < 1.29 is 18.7 Å².